The fraction of sp³-hybridized carbons (Fsp3) is 0.240. The van der Waals surface area contributed by atoms with Crippen molar-refractivity contribution in [3.05, 3.63) is 66.4 Å². The van der Waals surface area contributed by atoms with E-state index in [-0.39, 0.29) is 17.7 Å². The van der Waals surface area contributed by atoms with E-state index in [0.717, 1.165) is 43.5 Å². The predicted octanol–water partition coefficient (Wildman–Crippen LogP) is 5.30. The minimum Gasteiger partial charge on any atom is -0.359 e. The molecule has 0 aliphatic heterocycles. The molecule has 4 aromatic heterocycles. The highest BCUT2D eigenvalue weighted by atomic mass is 32.1. The summed E-state index contributed by atoms with van der Waals surface area (Å²) in [5.41, 5.74) is 3.51. The Kier molecular flexibility index (Phi) is 5.81. The molecule has 5 aromatic rings. The van der Waals surface area contributed by atoms with Crippen LogP contribution in [0.3, 0.4) is 0 Å². The van der Waals surface area contributed by atoms with Gasteiger partial charge in [-0.15, -0.1) is 11.3 Å². The Morgan fingerprint density at radius 1 is 1.14 bits per heavy atom. The maximum Gasteiger partial charge on any atom is 0.230 e. The molecule has 0 aliphatic carbocycles. The summed E-state index contributed by atoms with van der Waals surface area (Å²) in [5, 5.41) is 14.4. The van der Waals surface area contributed by atoms with E-state index in [1.807, 2.05) is 70.5 Å². The molecular formula is C25H25N7O2S. The molecule has 0 saturated carbocycles. The lowest BCUT2D eigenvalue weighted by atomic mass is 9.93. The Balaban J connectivity index is 1.26. The number of rotatable bonds is 6. The SMILES string of the molecule is Cn1cc(-c2cc3ncnc(Nc4ccc(CC(=O)Nc5cc(C(C)(C)C)on5)cc4)c3s2)cn1. The number of thiophene rings is 1. The van der Waals surface area contributed by atoms with E-state index in [2.05, 4.69) is 30.9 Å². The Bertz CT molecular complexity index is 1490. The van der Waals surface area contributed by atoms with Gasteiger partial charge >= 0.3 is 0 Å². The van der Waals surface area contributed by atoms with E-state index >= 15 is 0 Å². The van der Waals surface area contributed by atoms with Crippen molar-refractivity contribution >= 4 is 44.8 Å². The number of nitrogens with one attached hydrogen (secondary N) is 2. The lowest BCUT2D eigenvalue weighted by molar-refractivity contribution is -0.115. The molecule has 5 rings (SSSR count). The molecule has 0 bridgehead atoms. The number of carbonyl (C=O) groups excluding carboxylic acids is 1. The summed E-state index contributed by atoms with van der Waals surface area (Å²) in [4.78, 5) is 22.4. The van der Waals surface area contributed by atoms with Crippen LogP contribution >= 0.6 is 11.3 Å². The van der Waals surface area contributed by atoms with Crippen LogP contribution in [-0.4, -0.2) is 30.8 Å². The molecule has 10 heteroatoms. The van der Waals surface area contributed by atoms with Crippen LogP contribution in [0.15, 0.2) is 59.6 Å². The maximum absolute atomic E-state index is 12.5. The van der Waals surface area contributed by atoms with Crippen molar-refractivity contribution in [1.29, 1.82) is 0 Å². The molecule has 0 fully saturated rings. The summed E-state index contributed by atoms with van der Waals surface area (Å²) in [5.74, 6) is 1.73. The zero-order valence-electron chi connectivity index (χ0n) is 19.9. The van der Waals surface area contributed by atoms with Crippen LogP contribution in [0.25, 0.3) is 20.7 Å². The monoisotopic (exact) mass is 487 g/mol. The van der Waals surface area contributed by atoms with Crippen molar-refractivity contribution in [2.24, 2.45) is 7.05 Å². The summed E-state index contributed by atoms with van der Waals surface area (Å²) in [6.07, 6.45) is 5.60. The molecule has 0 saturated heterocycles. The minimum atomic E-state index is -0.169. The fourth-order valence-electron chi connectivity index (χ4n) is 3.54. The number of aromatic nitrogens is 5. The van der Waals surface area contributed by atoms with Gasteiger partial charge in [0.15, 0.2) is 11.6 Å². The first-order valence-corrected chi connectivity index (χ1v) is 11.9. The third-order valence-corrected chi connectivity index (χ3v) is 6.58. The molecule has 0 atom stereocenters. The van der Waals surface area contributed by atoms with Crippen molar-refractivity contribution < 1.29 is 9.32 Å². The van der Waals surface area contributed by atoms with E-state index in [4.69, 9.17) is 4.52 Å². The number of nitrogens with zero attached hydrogens (tertiary/aromatic N) is 5. The Hall–Kier alpha value is -4.05. The lowest BCUT2D eigenvalue weighted by Gasteiger charge is -2.12. The minimum absolute atomic E-state index is 0.154. The van der Waals surface area contributed by atoms with Crippen molar-refractivity contribution in [2.45, 2.75) is 32.6 Å². The van der Waals surface area contributed by atoms with Gasteiger partial charge in [-0.05, 0) is 23.8 Å². The summed E-state index contributed by atoms with van der Waals surface area (Å²) < 4.78 is 8.07. The van der Waals surface area contributed by atoms with Crippen molar-refractivity contribution in [1.82, 2.24) is 24.9 Å². The number of fused-ring (bicyclic) bond motifs is 1. The highest BCUT2D eigenvalue weighted by Crippen LogP contribution is 2.36. The second kappa shape index (κ2) is 8.95. The molecule has 2 N–H and O–H groups in total. The molecule has 0 spiro atoms. The zero-order chi connectivity index (χ0) is 24.6. The number of aryl methyl sites for hydroxylation is 1. The van der Waals surface area contributed by atoms with Crippen LogP contribution in [0, 0.1) is 0 Å². The maximum atomic E-state index is 12.5. The second-order valence-electron chi connectivity index (χ2n) is 9.32. The normalized spacial score (nSPS) is 11.7. The highest BCUT2D eigenvalue weighted by Gasteiger charge is 2.20. The van der Waals surface area contributed by atoms with Crippen molar-refractivity contribution in [3.63, 3.8) is 0 Å². The van der Waals surface area contributed by atoms with Gasteiger partial charge in [-0.25, -0.2) is 9.97 Å². The summed E-state index contributed by atoms with van der Waals surface area (Å²) in [7, 11) is 1.90. The van der Waals surface area contributed by atoms with Crippen molar-refractivity contribution in [3.8, 4) is 10.4 Å². The van der Waals surface area contributed by atoms with Gasteiger partial charge in [0, 0.05) is 40.9 Å². The van der Waals surface area contributed by atoms with E-state index < -0.39 is 0 Å². The molecule has 9 nitrogen and oxygen atoms in total. The quantitative estimate of drug-likeness (QED) is 0.334. The smallest absolute Gasteiger partial charge is 0.230 e. The number of carbonyl (C=O) groups is 1. The number of anilines is 3. The van der Waals surface area contributed by atoms with Crippen molar-refractivity contribution in [2.75, 3.05) is 10.6 Å². The highest BCUT2D eigenvalue weighted by molar-refractivity contribution is 7.22. The van der Waals surface area contributed by atoms with Gasteiger partial charge in [-0.1, -0.05) is 38.1 Å². The summed E-state index contributed by atoms with van der Waals surface area (Å²) >= 11 is 1.62. The Morgan fingerprint density at radius 3 is 2.63 bits per heavy atom. The first-order chi connectivity index (χ1) is 16.7. The molecule has 1 amide bonds. The fourth-order valence-corrected chi connectivity index (χ4v) is 4.57. The molecule has 35 heavy (non-hydrogen) atoms. The first kappa shape index (κ1) is 22.7. The lowest BCUT2D eigenvalue weighted by Crippen LogP contribution is -2.14. The predicted molar refractivity (Wildman–Crippen MR) is 137 cm³/mol. The van der Waals surface area contributed by atoms with Gasteiger partial charge in [0.2, 0.25) is 5.91 Å². The van der Waals surface area contributed by atoms with Crippen LogP contribution in [0.2, 0.25) is 0 Å². The van der Waals surface area contributed by atoms with Crippen LogP contribution in [0.5, 0.6) is 0 Å². The van der Waals surface area contributed by atoms with Gasteiger partial charge in [0.25, 0.3) is 0 Å². The van der Waals surface area contributed by atoms with Gasteiger partial charge in [-0.2, -0.15) is 5.10 Å². The van der Waals surface area contributed by atoms with Crippen LogP contribution < -0.4 is 10.6 Å². The second-order valence-corrected chi connectivity index (χ2v) is 10.4. The van der Waals surface area contributed by atoms with Crippen LogP contribution in [0.1, 0.15) is 32.1 Å². The van der Waals surface area contributed by atoms with Gasteiger partial charge in [0.05, 0.1) is 22.8 Å². The summed E-state index contributed by atoms with van der Waals surface area (Å²) in [6, 6.07) is 11.5. The molecule has 0 aliphatic rings. The third-order valence-electron chi connectivity index (χ3n) is 5.40. The standard InChI is InChI=1S/C25H25N7O2S/c1-25(2,3)20-11-21(31-34-20)30-22(33)9-15-5-7-17(8-6-15)29-24-23-18(26-14-27-24)10-19(35-23)16-12-28-32(4)13-16/h5-8,10-14H,9H2,1-4H3,(H,26,27,29)(H,30,31,33). The number of hydrogen-bond donors (Lipinski definition) is 2. The topological polar surface area (TPSA) is 111 Å². The molecule has 0 unspecified atom stereocenters. The molecule has 178 valence electrons. The number of benzene rings is 1. The van der Waals surface area contributed by atoms with Gasteiger partial charge in [-0.3, -0.25) is 9.48 Å². The van der Waals surface area contributed by atoms with Gasteiger partial charge in [0.1, 0.15) is 12.1 Å². The van der Waals surface area contributed by atoms with E-state index in [1.165, 1.54) is 0 Å². The third kappa shape index (κ3) is 5.07. The van der Waals surface area contributed by atoms with Gasteiger partial charge < -0.3 is 15.2 Å². The molecular weight excluding hydrogens is 462 g/mol. The average Bonchev–Trinajstić information content (AvgIpc) is 3.54. The summed E-state index contributed by atoms with van der Waals surface area (Å²) in [6.45, 7) is 6.08. The first-order valence-electron chi connectivity index (χ1n) is 11.1. The largest absolute Gasteiger partial charge is 0.359 e. The van der Waals surface area contributed by atoms with Crippen LogP contribution in [0.4, 0.5) is 17.3 Å². The van der Waals surface area contributed by atoms with E-state index in [1.54, 1.807) is 28.4 Å². The van der Waals surface area contributed by atoms with E-state index in [9.17, 15) is 4.79 Å². The molecule has 1 aromatic carbocycles. The Labute approximate surface area is 206 Å². The Morgan fingerprint density at radius 2 is 1.94 bits per heavy atom. The van der Waals surface area contributed by atoms with E-state index in [0.29, 0.717) is 5.82 Å². The number of amides is 1. The van der Waals surface area contributed by atoms with Crippen LogP contribution in [-0.2, 0) is 23.7 Å². The average molecular weight is 488 g/mol. The zero-order valence-corrected chi connectivity index (χ0v) is 20.7. The number of hydrogen-bond acceptors (Lipinski definition) is 8. The molecule has 4 heterocycles. The molecule has 0 radical (unpaired) electrons.